The molecule has 2 aromatic heterocycles. The third-order valence-corrected chi connectivity index (χ3v) is 5.20. The number of hydrogen-bond acceptors (Lipinski definition) is 4. The van der Waals surface area contributed by atoms with Gasteiger partial charge in [-0.05, 0) is 37.3 Å². The molecule has 4 rings (SSSR count). The third-order valence-electron chi connectivity index (χ3n) is 5.20. The van der Waals surface area contributed by atoms with E-state index in [4.69, 9.17) is 0 Å². The number of aromatic nitrogens is 5. The highest BCUT2D eigenvalue weighted by molar-refractivity contribution is 5.93. The Balaban J connectivity index is 1.59. The second-order valence-electron chi connectivity index (χ2n) is 7.44. The Morgan fingerprint density at radius 1 is 1.26 bits per heavy atom. The van der Waals surface area contributed by atoms with Crippen LogP contribution in [-0.4, -0.2) is 31.1 Å². The minimum atomic E-state index is -0.0931. The summed E-state index contributed by atoms with van der Waals surface area (Å²) in [5, 5.41) is 18.6. The number of rotatable bonds is 4. The molecule has 3 aromatic rings. The van der Waals surface area contributed by atoms with E-state index in [0.29, 0.717) is 6.42 Å². The molecule has 2 N–H and O–H groups in total. The van der Waals surface area contributed by atoms with Crippen molar-refractivity contribution in [1.82, 2.24) is 25.2 Å². The summed E-state index contributed by atoms with van der Waals surface area (Å²) in [5.41, 5.74) is 5.85. The van der Waals surface area contributed by atoms with Crippen molar-refractivity contribution in [2.45, 2.75) is 46.0 Å². The summed E-state index contributed by atoms with van der Waals surface area (Å²) in [4.78, 5) is 12.9. The van der Waals surface area contributed by atoms with Gasteiger partial charge in [-0.15, -0.1) is 0 Å². The summed E-state index contributed by atoms with van der Waals surface area (Å²) in [6.07, 6.45) is 3.95. The number of nitrogens with one attached hydrogen (secondary N) is 2. The first-order valence-electron chi connectivity index (χ1n) is 9.38. The number of H-pyrrole nitrogens is 1. The smallest absolute Gasteiger partial charge is 0.227 e. The zero-order valence-electron chi connectivity index (χ0n) is 15.9. The molecule has 7 nitrogen and oxygen atoms in total. The largest absolute Gasteiger partial charge is 0.323 e. The molecule has 1 aromatic carbocycles. The van der Waals surface area contributed by atoms with E-state index in [1.54, 1.807) is 6.20 Å². The number of para-hydroxylation sites is 1. The van der Waals surface area contributed by atoms with Crippen LogP contribution < -0.4 is 5.32 Å². The van der Waals surface area contributed by atoms with Crippen molar-refractivity contribution in [3.8, 4) is 5.69 Å². The minimum Gasteiger partial charge on any atom is -0.323 e. The summed E-state index contributed by atoms with van der Waals surface area (Å²) >= 11 is 0. The summed E-state index contributed by atoms with van der Waals surface area (Å²) in [5.74, 6) is 0.148. The Morgan fingerprint density at radius 3 is 2.81 bits per heavy atom. The number of fused-ring (bicyclic) bond motifs is 1. The van der Waals surface area contributed by atoms with Gasteiger partial charge in [-0.25, -0.2) is 4.68 Å². The third kappa shape index (κ3) is 3.25. The van der Waals surface area contributed by atoms with Crippen molar-refractivity contribution < 1.29 is 4.79 Å². The van der Waals surface area contributed by atoms with Gasteiger partial charge in [0.15, 0.2) is 0 Å². The lowest BCUT2D eigenvalue weighted by Crippen LogP contribution is -2.28. The van der Waals surface area contributed by atoms with Crippen LogP contribution in [0.4, 0.5) is 5.69 Å². The Labute approximate surface area is 158 Å². The average molecular weight is 364 g/mol. The number of aryl methyl sites for hydroxylation is 2. The fourth-order valence-corrected chi connectivity index (χ4v) is 3.75. The highest BCUT2D eigenvalue weighted by atomic mass is 16.1. The second kappa shape index (κ2) is 6.98. The zero-order chi connectivity index (χ0) is 19.0. The van der Waals surface area contributed by atoms with Gasteiger partial charge in [-0.1, -0.05) is 32.0 Å². The maximum absolute atomic E-state index is 12.9. The molecule has 0 aliphatic heterocycles. The zero-order valence-corrected chi connectivity index (χ0v) is 15.9. The first-order valence-corrected chi connectivity index (χ1v) is 9.38. The molecule has 27 heavy (non-hydrogen) atoms. The number of benzene rings is 1. The maximum atomic E-state index is 12.9. The topological polar surface area (TPSA) is 88.5 Å². The summed E-state index contributed by atoms with van der Waals surface area (Å²) in [6, 6.07) is 8.13. The van der Waals surface area contributed by atoms with E-state index >= 15 is 0 Å². The lowest BCUT2D eigenvalue weighted by atomic mass is 9.89. The van der Waals surface area contributed by atoms with Gasteiger partial charge in [0.05, 0.1) is 34.7 Å². The number of carbonyl (C=O) groups is 1. The van der Waals surface area contributed by atoms with Gasteiger partial charge in [0.25, 0.3) is 0 Å². The van der Waals surface area contributed by atoms with Gasteiger partial charge in [-0.3, -0.25) is 4.79 Å². The molecule has 1 atom stereocenters. The summed E-state index contributed by atoms with van der Waals surface area (Å²) < 4.78 is 1.94. The van der Waals surface area contributed by atoms with Crippen molar-refractivity contribution in [3.05, 3.63) is 53.1 Å². The number of hydrogen-bond donors (Lipinski definition) is 2. The molecule has 140 valence electrons. The van der Waals surface area contributed by atoms with Crippen molar-refractivity contribution in [1.29, 1.82) is 0 Å². The van der Waals surface area contributed by atoms with E-state index in [0.717, 1.165) is 46.9 Å². The fraction of sp³-hybridized carbons (Fsp3) is 0.400. The van der Waals surface area contributed by atoms with Crippen LogP contribution in [-0.2, 0) is 17.6 Å². The fourth-order valence-electron chi connectivity index (χ4n) is 3.75. The Kier molecular flexibility index (Phi) is 4.51. The van der Waals surface area contributed by atoms with Gasteiger partial charge >= 0.3 is 0 Å². The molecule has 0 bridgehead atoms. The van der Waals surface area contributed by atoms with Crippen LogP contribution in [0, 0.1) is 12.8 Å². The Hall–Kier alpha value is -2.96. The molecule has 0 spiro atoms. The van der Waals surface area contributed by atoms with Crippen LogP contribution in [0.5, 0.6) is 0 Å². The Morgan fingerprint density at radius 2 is 2.04 bits per heavy atom. The van der Waals surface area contributed by atoms with Crippen LogP contribution >= 0.6 is 0 Å². The number of amides is 1. The second-order valence-corrected chi connectivity index (χ2v) is 7.44. The van der Waals surface area contributed by atoms with Gasteiger partial charge in [0.1, 0.15) is 0 Å². The molecular formula is C20H24N6O. The van der Waals surface area contributed by atoms with Crippen molar-refractivity contribution in [2.24, 2.45) is 5.92 Å². The van der Waals surface area contributed by atoms with Crippen LogP contribution in [0.3, 0.4) is 0 Å². The molecular weight excluding hydrogens is 340 g/mol. The quantitative estimate of drug-likeness (QED) is 0.744. The maximum Gasteiger partial charge on any atom is 0.227 e. The standard InChI is InChI=1S/C20H24N6O/c1-12(2)19-17(11-21-26(19)18-7-5-4-6-13(18)3)22-20(27)14-8-9-15-16(10-14)24-25-23-15/h4-7,11-12,14H,8-10H2,1-3H3,(H,22,27)(H,23,24,25). The van der Waals surface area contributed by atoms with Crippen LogP contribution in [0.15, 0.2) is 30.5 Å². The number of aromatic amines is 1. The van der Waals surface area contributed by atoms with Crippen molar-refractivity contribution in [3.63, 3.8) is 0 Å². The van der Waals surface area contributed by atoms with Crippen LogP contribution in [0.2, 0.25) is 0 Å². The monoisotopic (exact) mass is 364 g/mol. The first kappa shape index (κ1) is 17.5. The Bertz CT molecular complexity index is 971. The molecule has 1 unspecified atom stereocenters. The minimum absolute atomic E-state index is 0.0230. The van der Waals surface area contributed by atoms with Gasteiger partial charge < -0.3 is 5.32 Å². The predicted molar refractivity (Wildman–Crippen MR) is 103 cm³/mol. The molecule has 1 aliphatic rings. The molecule has 0 fully saturated rings. The first-order chi connectivity index (χ1) is 13.0. The molecule has 0 radical (unpaired) electrons. The van der Waals surface area contributed by atoms with E-state index in [1.807, 2.05) is 22.9 Å². The van der Waals surface area contributed by atoms with Gasteiger partial charge in [0, 0.05) is 12.3 Å². The van der Waals surface area contributed by atoms with Crippen molar-refractivity contribution in [2.75, 3.05) is 5.32 Å². The molecule has 1 amide bonds. The molecule has 0 saturated heterocycles. The lowest BCUT2D eigenvalue weighted by molar-refractivity contribution is -0.120. The number of carbonyl (C=O) groups excluding carboxylic acids is 1. The normalized spacial score (nSPS) is 16.4. The van der Waals surface area contributed by atoms with E-state index in [9.17, 15) is 4.79 Å². The highest BCUT2D eigenvalue weighted by Crippen LogP contribution is 2.30. The van der Waals surface area contributed by atoms with Gasteiger partial charge in [-0.2, -0.15) is 20.5 Å². The molecule has 1 aliphatic carbocycles. The average Bonchev–Trinajstić information content (AvgIpc) is 3.28. The van der Waals surface area contributed by atoms with Crippen molar-refractivity contribution >= 4 is 11.6 Å². The van der Waals surface area contributed by atoms with Crippen LogP contribution in [0.25, 0.3) is 5.69 Å². The lowest BCUT2D eigenvalue weighted by Gasteiger charge is -2.20. The molecule has 7 heteroatoms. The van der Waals surface area contributed by atoms with E-state index in [2.05, 4.69) is 52.7 Å². The highest BCUT2D eigenvalue weighted by Gasteiger charge is 2.28. The summed E-state index contributed by atoms with van der Waals surface area (Å²) in [7, 11) is 0. The predicted octanol–water partition coefficient (Wildman–Crippen LogP) is 3.17. The van der Waals surface area contributed by atoms with Gasteiger partial charge in [0.2, 0.25) is 5.91 Å². The SMILES string of the molecule is Cc1ccccc1-n1ncc(NC(=O)C2CCc3n[nH]nc3C2)c1C(C)C. The van der Waals surface area contributed by atoms with E-state index in [1.165, 1.54) is 0 Å². The number of nitrogens with zero attached hydrogens (tertiary/aromatic N) is 4. The molecule has 0 saturated carbocycles. The van der Waals surface area contributed by atoms with Crippen LogP contribution in [0.1, 0.15) is 48.8 Å². The number of anilines is 1. The van der Waals surface area contributed by atoms with E-state index < -0.39 is 0 Å². The van der Waals surface area contributed by atoms with E-state index in [-0.39, 0.29) is 17.7 Å². The molecule has 2 heterocycles. The summed E-state index contributed by atoms with van der Waals surface area (Å²) in [6.45, 7) is 6.30.